The molecule has 180 valence electrons. The summed E-state index contributed by atoms with van der Waals surface area (Å²) in [5, 5.41) is 14.6. The van der Waals surface area contributed by atoms with Crippen molar-refractivity contribution >= 4 is 33.6 Å². The summed E-state index contributed by atoms with van der Waals surface area (Å²) in [6, 6.07) is 23.7. The molecular formula is C29H23FN2O4. The van der Waals surface area contributed by atoms with Crippen LogP contribution in [0.4, 0.5) is 4.39 Å². The van der Waals surface area contributed by atoms with Crippen LogP contribution in [0.2, 0.25) is 0 Å². The fraction of sp³-hybridized carbons (Fsp3) is 0.103. The molecule has 5 aromatic rings. The summed E-state index contributed by atoms with van der Waals surface area (Å²) in [5.41, 5.74) is 2.72. The van der Waals surface area contributed by atoms with Gasteiger partial charge in [0.05, 0.1) is 0 Å². The van der Waals surface area contributed by atoms with Crippen LogP contribution in [0, 0.1) is 5.82 Å². The summed E-state index contributed by atoms with van der Waals surface area (Å²) >= 11 is 0. The van der Waals surface area contributed by atoms with Crippen molar-refractivity contribution < 1.29 is 23.8 Å². The lowest BCUT2D eigenvalue weighted by molar-refractivity contribution is -0.139. The first-order valence-electron chi connectivity index (χ1n) is 11.5. The third-order valence-corrected chi connectivity index (χ3v) is 6.08. The third-order valence-electron chi connectivity index (χ3n) is 6.08. The maximum Gasteiger partial charge on any atom is 0.326 e. The third kappa shape index (κ3) is 5.05. The lowest BCUT2D eigenvalue weighted by Gasteiger charge is -2.15. The highest BCUT2D eigenvalue weighted by atomic mass is 19.1. The molecule has 0 bridgehead atoms. The molecule has 1 aromatic heterocycles. The van der Waals surface area contributed by atoms with Crippen molar-refractivity contribution in [3.05, 3.63) is 114 Å². The number of H-pyrrole nitrogens is 1. The van der Waals surface area contributed by atoms with E-state index in [1.165, 1.54) is 12.1 Å². The molecule has 6 nitrogen and oxygen atoms in total. The Morgan fingerprint density at radius 3 is 2.53 bits per heavy atom. The number of fused-ring (bicyclic) bond motifs is 2. The summed E-state index contributed by atoms with van der Waals surface area (Å²) in [5.74, 6) is -1.37. The Morgan fingerprint density at radius 1 is 0.944 bits per heavy atom. The van der Waals surface area contributed by atoms with Crippen LogP contribution in [0.3, 0.4) is 0 Å². The Labute approximate surface area is 206 Å². The minimum Gasteiger partial charge on any atom is -0.489 e. The van der Waals surface area contributed by atoms with Crippen molar-refractivity contribution in [2.45, 2.75) is 19.1 Å². The number of carboxylic acids is 1. The summed E-state index contributed by atoms with van der Waals surface area (Å²) in [4.78, 5) is 27.8. The number of aliphatic carboxylic acids is 1. The van der Waals surface area contributed by atoms with Crippen LogP contribution in [0.15, 0.2) is 91.1 Å². The predicted octanol–water partition coefficient (Wildman–Crippen LogP) is 5.46. The van der Waals surface area contributed by atoms with Crippen molar-refractivity contribution in [2.75, 3.05) is 0 Å². The fourth-order valence-corrected chi connectivity index (χ4v) is 4.18. The first kappa shape index (κ1) is 23.1. The Hall–Kier alpha value is -4.65. The van der Waals surface area contributed by atoms with Crippen LogP contribution in [-0.4, -0.2) is 28.0 Å². The van der Waals surface area contributed by atoms with Gasteiger partial charge in [-0.25, -0.2) is 9.18 Å². The number of rotatable bonds is 8. The highest BCUT2D eigenvalue weighted by Gasteiger charge is 2.23. The van der Waals surface area contributed by atoms with Crippen LogP contribution in [-0.2, 0) is 17.8 Å². The van der Waals surface area contributed by atoms with E-state index in [0.29, 0.717) is 34.4 Å². The highest BCUT2D eigenvalue weighted by Crippen LogP contribution is 2.24. The van der Waals surface area contributed by atoms with Crippen molar-refractivity contribution in [1.29, 1.82) is 0 Å². The Morgan fingerprint density at radius 2 is 1.72 bits per heavy atom. The number of nitrogens with one attached hydrogen (secondary N) is 2. The van der Waals surface area contributed by atoms with Gasteiger partial charge in [-0.2, -0.15) is 0 Å². The fourth-order valence-electron chi connectivity index (χ4n) is 4.18. The molecule has 7 heteroatoms. The van der Waals surface area contributed by atoms with Crippen molar-refractivity contribution in [2.24, 2.45) is 0 Å². The van der Waals surface area contributed by atoms with E-state index < -0.39 is 23.7 Å². The maximum absolute atomic E-state index is 13.7. The van der Waals surface area contributed by atoms with E-state index >= 15 is 0 Å². The van der Waals surface area contributed by atoms with Crippen molar-refractivity contribution in [3.8, 4) is 5.75 Å². The SMILES string of the molecule is O=C(N[C@@H](Cc1c[nH]c2ccc(F)cc12)C(=O)O)c1ccc2cc(OCc3ccccc3)ccc2c1. The summed E-state index contributed by atoms with van der Waals surface area (Å²) in [7, 11) is 0. The lowest BCUT2D eigenvalue weighted by Crippen LogP contribution is -2.42. The number of benzene rings is 4. The van der Waals surface area contributed by atoms with Crippen LogP contribution < -0.4 is 10.1 Å². The van der Waals surface area contributed by atoms with Gasteiger partial charge in [0.1, 0.15) is 24.2 Å². The van der Waals surface area contributed by atoms with E-state index in [4.69, 9.17) is 4.74 Å². The van der Waals surface area contributed by atoms with Gasteiger partial charge in [-0.05, 0) is 64.4 Å². The Balaban J connectivity index is 1.30. The molecule has 0 saturated carbocycles. The molecule has 0 spiro atoms. The molecular weight excluding hydrogens is 459 g/mol. The smallest absolute Gasteiger partial charge is 0.326 e. The molecule has 4 aromatic carbocycles. The van der Waals surface area contributed by atoms with Gasteiger partial charge >= 0.3 is 5.97 Å². The normalized spacial score (nSPS) is 11.9. The molecule has 0 fully saturated rings. The number of ether oxygens (including phenoxy) is 1. The quantitative estimate of drug-likeness (QED) is 0.274. The van der Waals surface area contributed by atoms with Crippen molar-refractivity contribution in [3.63, 3.8) is 0 Å². The number of carboxylic acid groups (broad SMARTS) is 1. The zero-order chi connectivity index (χ0) is 25.1. The van der Waals surface area contributed by atoms with Gasteiger partial charge in [-0.3, -0.25) is 4.79 Å². The Bertz CT molecular complexity index is 1560. The largest absolute Gasteiger partial charge is 0.489 e. The minimum atomic E-state index is -1.18. The zero-order valence-corrected chi connectivity index (χ0v) is 19.2. The molecule has 1 amide bonds. The number of aromatic amines is 1. The van der Waals surface area contributed by atoms with Gasteiger partial charge in [0.2, 0.25) is 0 Å². The first-order chi connectivity index (χ1) is 17.5. The van der Waals surface area contributed by atoms with Gasteiger partial charge in [0.15, 0.2) is 0 Å². The molecule has 3 N–H and O–H groups in total. The monoisotopic (exact) mass is 482 g/mol. The number of halogens is 1. The van der Waals surface area contributed by atoms with Crippen LogP contribution >= 0.6 is 0 Å². The number of hydrogen-bond donors (Lipinski definition) is 3. The molecule has 5 rings (SSSR count). The van der Waals surface area contributed by atoms with Crippen LogP contribution in [0.5, 0.6) is 5.75 Å². The second-order valence-electron chi connectivity index (χ2n) is 8.57. The molecule has 1 heterocycles. The molecule has 1 atom stereocenters. The average molecular weight is 483 g/mol. The van der Waals surface area contributed by atoms with Gasteiger partial charge < -0.3 is 20.1 Å². The van der Waals surface area contributed by atoms with E-state index in [2.05, 4.69) is 10.3 Å². The van der Waals surface area contributed by atoms with E-state index in [-0.39, 0.29) is 6.42 Å². The van der Waals surface area contributed by atoms with E-state index in [0.717, 1.165) is 16.3 Å². The number of aromatic nitrogens is 1. The molecule has 0 aliphatic rings. The average Bonchev–Trinajstić information content (AvgIpc) is 3.28. The summed E-state index contributed by atoms with van der Waals surface area (Å²) in [6.45, 7) is 0.451. The van der Waals surface area contributed by atoms with Gasteiger partial charge in [-0.15, -0.1) is 0 Å². The minimum absolute atomic E-state index is 0.0141. The predicted molar refractivity (Wildman–Crippen MR) is 136 cm³/mol. The molecule has 0 unspecified atom stereocenters. The number of amides is 1. The number of hydrogen-bond acceptors (Lipinski definition) is 3. The number of carbonyl (C=O) groups excluding carboxylic acids is 1. The standard InChI is InChI=1S/C29H23FN2O4/c30-23-9-11-26-25(15-23)22(16-31-26)14-27(29(34)35)32-28(33)21-7-6-20-13-24(10-8-19(20)12-21)36-17-18-4-2-1-3-5-18/h1-13,15-16,27,31H,14,17H2,(H,32,33)(H,34,35)/t27-/m0/s1. The highest BCUT2D eigenvalue weighted by molar-refractivity contribution is 6.00. The lowest BCUT2D eigenvalue weighted by atomic mass is 10.0. The Kier molecular flexibility index (Phi) is 6.36. The van der Waals surface area contributed by atoms with Crippen LogP contribution in [0.25, 0.3) is 21.7 Å². The molecule has 0 radical (unpaired) electrons. The van der Waals surface area contributed by atoms with Crippen molar-refractivity contribution in [1.82, 2.24) is 10.3 Å². The maximum atomic E-state index is 13.7. The first-order valence-corrected chi connectivity index (χ1v) is 11.5. The summed E-state index contributed by atoms with van der Waals surface area (Å²) in [6.07, 6.45) is 1.65. The van der Waals surface area contributed by atoms with Gasteiger partial charge in [-0.1, -0.05) is 42.5 Å². The zero-order valence-electron chi connectivity index (χ0n) is 19.2. The topological polar surface area (TPSA) is 91.4 Å². The molecule has 36 heavy (non-hydrogen) atoms. The van der Waals surface area contributed by atoms with Gasteiger partial charge in [0.25, 0.3) is 5.91 Å². The van der Waals surface area contributed by atoms with E-state index in [1.807, 2.05) is 48.5 Å². The summed E-state index contributed by atoms with van der Waals surface area (Å²) < 4.78 is 19.6. The van der Waals surface area contributed by atoms with Gasteiger partial charge in [0, 0.05) is 29.1 Å². The number of carbonyl (C=O) groups is 2. The molecule has 0 aliphatic heterocycles. The second kappa shape index (κ2) is 9.92. The van der Waals surface area contributed by atoms with Crippen LogP contribution in [0.1, 0.15) is 21.5 Å². The van der Waals surface area contributed by atoms with E-state index in [1.54, 1.807) is 30.5 Å². The van der Waals surface area contributed by atoms with E-state index in [9.17, 15) is 19.1 Å². The second-order valence-corrected chi connectivity index (χ2v) is 8.57. The molecule has 0 aliphatic carbocycles. The molecule has 0 saturated heterocycles.